The van der Waals surface area contributed by atoms with Crippen LogP contribution in [0.3, 0.4) is 0 Å². The van der Waals surface area contributed by atoms with Gasteiger partial charge in [-0.05, 0) is 43.9 Å². The molecule has 0 radical (unpaired) electrons. The number of amides is 2. The summed E-state index contributed by atoms with van der Waals surface area (Å²) in [5.41, 5.74) is 4.51. The number of halogens is 1. The molecule has 2 aromatic carbocycles. The third-order valence-electron chi connectivity index (χ3n) is 5.29. The van der Waals surface area contributed by atoms with Crippen molar-refractivity contribution in [2.24, 2.45) is 0 Å². The lowest BCUT2D eigenvalue weighted by Crippen LogP contribution is -2.49. The Kier molecular flexibility index (Phi) is 11.1. The molecular formula is C26H35ClN2O2S. The smallest absolute Gasteiger partial charge is 0.242 e. The quantitative estimate of drug-likeness (QED) is 0.389. The van der Waals surface area contributed by atoms with Gasteiger partial charge in [-0.15, -0.1) is 11.8 Å². The van der Waals surface area contributed by atoms with Gasteiger partial charge in [0, 0.05) is 23.9 Å². The number of benzene rings is 2. The van der Waals surface area contributed by atoms with Crippen LogP contribution in [0.2, 0.25) is 5.02 Å². The molecule has 0 aliphatic rings. The van der Waals surface area contributed by atoms with Crippen molar-refractivity contribution in [1.82, 2.24) is 10.2 Å². The minimum absolute atomic E-state index is 0.0446. The van der Waals surface area contributed by atoms with E-state index in [0.717, 1.165) is 24.2 Å². The van der Waals surface area contributed by atoms with Gasteiger partial charge < -0.3 is 10.2 Å². The highest BCUT2D eigenvalue weighted by Crippen LogP contribution is 2.22. The van der Waals surface area contributed by atoms with Crippen molar-refractivity contribution < 1.29 is 9.59 Å². The lowest BCUT2D eigenvalue weighted by Gasteiger charge is -2.31. The number of thioether (sulfide) groups is 1. The van der Waals surface area contributed by atoms with E-state index < -0.39 is 6.04 Å². The third-order valence-corrected chi connectivity index (χ3v) is 6.65. The molecule has 0 saturated heterocycles. The molecule has 1 atom stereocenters. The van der Waals surface area contributed by atoms with Crippen molar-refractivity contribution in [3.8, 4) is 0 Å². The Hall–Kier alpha value is -1.98. The van der Waals surface area contributed by atoms with Crippen LogP contribution in [0.4, 0.5) is 0 Å². The summed E-state index contributed by atoms with van der Waals surface area (Å²) in [5, 5.41) is 3.60. The minimum Gasteiger partial charge on any atom is -0.354 e. The molecule has 1 N–H and O–H groups in total. The summed E-state index contributed by atoms with van der Waals surface area (Å²) < 4.78 is 0. The van der Waals surface area contributed by atoms with Crippen molar-refractivity contribution in [3.05, 3.63) is 69.7 Å². The molecule has 6 heteroatoms. The molecule has 32 heavy (non-hydrogen) atoms. The van der Waals surface area contributed by atoms with Crippen LogP contribution in [-0.4, -0.2) is 35.1 Å². The van der Waals surface area contributed by atoms with Crippen LogP contribution in [0, 0.1) is 13.8 Å². The van der Waals surface area contributed by atoms with Gasteiger partial charge in [-0.3, -0.25) is 9.59 Å². The van der Waals surface area contributed by atoms with E-state index in [2.05, 4.69) is 44.3 Å². The summed E-state index contributed by atoms with van der Waals surface area (Å²) in [6.07, 6.45) is 2.48. The number of nitrogens with zero attached hydrogens (tertiary/aromatic N) is 1. The fourth-order valence-electron chi connectivity index (χ4n) is 3.73. The number of rotatable bonds is 12. The number of hydrogen-bond donors (Lipinski definition) is 1. The molecule has 2 rings (SSSR count). The number of carbonyl (C=O) groups excluding carboxylic acids is 2. The molecule has 2 amide bonds. The van der Waals surface area contributed by atoms with Crippen LogP contribution >= 0.6 is 23.4 Å². The summed E-state index contributed by atoms with van der Waals surface area (Å²) in [6, 6.07) is 13.4. The second-order valence-electron chi connectivity index (χ2n) is 8.17. The standard InChI is InChI=1S/C26H35ClN2O2S/c1-5-7-12-28-26(31)24(6-2)29(16-22-10-8-9-11-23(22)27)25(30)18-32-17-21-14-19(3)13-20(4)15-21/h8-11,13-15,24H,5-7,12,16-18H2,1-4H3,(H,28,31)/t24-/m0/s1. The largest absolute Gasteiger partial charge is 0.354 e. The van der Waals surface area contributed by atoms with Crippen molar-refractivity contribution in [2.75, 3.05) is 12.3 Å². The first-order chi connectivity index (χ1) is 15.3. The Morgan fingerprint density at radius 2 is 1.78 bits per heavy atom. The average molecular weight is 475 g/mol. The van der Waals surface area contributed by atoms with Gasteiger partial charge in [0.15, 0.2) is 0 Å². The van der Waals surface area contributed by atoms with E-state index in [1.807, 2.05) is 31.2 Å². The van der Waals surface area contributed by atoms with E-state index in [-0.39, 0.29) is 11.8 Å². The predicted molar refractivity (Wildman–Crippen MR) is 136 cm³/mol. The van der Waals surface area contributed by atoms with E-state index in [9.17, 15) is 9.59 Å². The fraction of sp³-hybridized carbons (Fsp3) is 0.462. The number of hydrogen-bond acceptors (Lipinski definition) is 3. The van der Waals surface area contributed by atoms with Gasteiger partial charge in [0.05, 0.1) is 5.75 Å². The highest BCUT2D eigenvalue weighted by atomic mass is 35.5. The maximum Gasteiger partial charge on any atom is 0.242 e. The van der Waals surface area contributed by atoms with Crippen LogP contribution in [0.5, 0.6) is 0 Å². The molecule has 0 saturated carbocycles. The number of unbranched alkanes of at least 4 members (excludes halogenated alkanes) is 1. The molecule has 0 fully saturated rings. The highest BCUT2D eigenvalue weighted by Gasteiger charge is 2.28. The molecule has 0 heterocycles. The second-order valence-corrected chi connectivity index (χ2v) is 9.56. The minimum atomic E-state index is -0.516. The maximum absolute atomic E-state index is 13.3. The van der Waals surface area contributed by atoms with Gasteiger partial charge in [0.1, 0.15) is 6.04 Å². The Bertz CT molecular complexity index is 883. The van der Waals surface area contributed by atoms with Crippen molar-refractivity contribution >= 4 is 35.2 Å². The summed E-state index contributed by atoms with van der Waals surface area (Å²) in [7, 11) is 0. The van der Waals surface area contributed by atoms with E-state index >= 15 is 0 Å². The summed E-state index contributed by atoms with van der Waals surface area (Å²) in [4.78, 5) is 27.9. The molecule has 174 valence electrons. The average Bonchev–Trinajstić information content (AvgIpc) is 2.74. The summed E-state index contributed by atoms with van der Waals surface area (Å²) in [6.45, 7) is 9.15. The first kappa shape index (κ1) is 26.3. The topological polar surface area (TPSA) is 49.4 Å². The Labute approximate surface area is 202 Å². The van der Waals surface area contributed by atoms with Gasteiger partial charge in [-0.1, -0.05) is 79.4 Å². The Morgan fingerprint density at radius 3 is 2.41 bits per heavy atom. The predicted octanol–water partition coefficient (Wildman–Crippen LogP) is 5.91. The van der Waals surface area contributed by atoms with Crippen LogP contribution in [-0.2, 0) is 21.9 Å². The zero-order valence-electron chi connectivity index (χ0n) is 19.6. The molecule has 0 aromatic heterocycles. The van der Waals surface area contributed by atoms with Crippen molar-refractivity contribution in [2.45, 2.75) is 65.3 Å². The van der Waals surface area contributed by atoms with E-state index in [1.165, 1.54) is 16.7 Å². The first-order valence-electron chi connectivity index (χ1n) is 11.3. The Morgan fingerprint density at radius 1 is 1.09 bits per heavy atom. The van der Waals surface area contributed by atoms with Crippen LogP contribution in [0.1, 0.15) is 55.4 Å². The summed E-state index contributed by atoms with van der Waals surface area (Å²) >= 11 is 7.95. The second kappa shape index (κ2) is 13.5. The first-order valence-corrected chi connectivity index (χ1v) is 12.8. The molecule has 2 aromatic rings. The zero-order chi connectivity index (χ0) is 23.5. The van der Waals surface area contributed by atoms with E-state index in [0.29, 0.717) is 30.3 Å². The SMILES string of the molecule is CCCCNC(=O)[C@H](CC)N(Cc1ccccc1Cl)C(=O)CSCc1cc(C)cc(C)c1. The van der Waals surface area contributed by atoms with Crippen LogP contribution in [0.15, 0.2) is 42.5 Å². The third kappa shape index (κ3) is 8.18. The van der Waals surface area contributed by atoms with E-state index in [1.54, 1.807) is 16.7 Å². The number of carbonyl (C=O) groups is 2. The highest BCUT2D eigenvalue weighted by molar-refractivity contribution is 7.99. The van der Waals surface area contributed by atoms with E-state index in [4.69, 9.17) is 11.6 Å². The van der Waals surface area contributed by atoms with Gasteiger partial charge in [-0.25, -0.2) is 0 Å². The van der Waals surface area contributed by atoms with Crippen LogP contribution in [0.25, 0.3) is 0 Å². The lowest BCUT2D eigenvalue weighted by molar-refractivity contribution is -0.139. The Balaban J connectivity index is 2.13. The zero-order valence-corrected chi connectivity index (χ0v) is 21.2. The number of aryl methyl sites for hydroxylation is 2. The number of nitrogens with one attached hydrogen (secondary N) is 1. The monoisotopic (exact) mass is 474 g/mol. The lowest BCUT2D eigenvalue weighted by atomic mass is 10.1. The van der Waals surface area contributed by atoms with Gasteiger partial charge in [0.2, 0.25) is 11.8 Å². The molecule has 4 nitrogen and oxygen atoms in total. The maximum atomic E-state index is 13.3. The molecule has 0 bridgehead atoms. The molecular weight excluding hydrogens is 440 g/mol. The fourth-order valence-corrected chi connectivity index (χ4v) is 4.77. The van der Waals surface area contributed by atoms with Gasteiger partial charge in [-0.2, -0.15) is 0 Å². The van der Waals surface area contributed by atoms with Crippen molar-refractivity contribution in [3.63, 3.8) is 0 Å². The molecule has 0 spiro atoms. The van der Waals surface area contributed by atoms with Crippen LogP contribution < -0.4 is 5.32 Å². The molecule has 0 aliphatic carbocycles. The normalized spacial score (nSPS) is 11.8. The van der Waals surface area contributed by atoms with Crippen molar-refractivity contribution in [1.29, 1.82) is 0 Å². The van der Waals surface area contributed by atoms with Gasteiger partial charge >= 0.3 is 0 Å². The molecule has 0 aliphatic heterocycles. The molecule has 0 unspecified atom stereocenters. The summed E-state index contributed by atoms with van der Waals surface area (Å²) in [5.74, 6) is 0.932. The van der Waals surface area contributed by atoms with Gasteiger partial charge in [0.25, 0.3) is 0 Å².